The average Bonchev–Trinajstić information content (AvgIpc) is 3.00. The Morgan fingerprint density at radius 3 is 2.65 bits per heavy atom. The van der Waals surface area contributed by atoms with Crippen molar-refractivity contribution in [2.75, 3.05) is 19.7 Å². The molecule has 4 nitrogen and oxygen atoms in total. The molecule has 2 aliphatic rings. The number of carbonyl (C=O) groups excluding carboxylic acids is 1. The van der Waals surface area contributed by atoms with Crippen molar-refractivity contribution in [1.29, 1.82) is 0 Å². The predicted molar refractivity (Wildman–Crippen MR) is 78.6 cm³/mol. The summed E-state index contributed by atoms with van der Waals surface area (Å²) in [4.78, 5) is 13.9. The van der Waals surface area contributed by atoms with Gasteiger partial charge in [0, 0.05) is 12.6 Å². The number of hydrogen-bond acceptors (Lipinski definition) is 4. The normalized spacial score (nSPS) is 24.9. The number of carbonyl (C=O) groups is 1. The van der Waals surface area contributed by atoms with Crippen molar-refractivity contribution in [2.45, 2.75) is 77.0 Å². The highest BCUT2D eigenvalue weighted by Gasteiger charge is 2.42. The molecule has 0 aromatic rings. The van der Waals surface area contributed by atoms with Crippen LogP contribution in [0.2, 0.25) is 0 Å². The number of nitrogens with zero attached hydrogens (tertiary/aromatic N) is 1. The van der Waals surface area contributed by atoms with Crippen LogP contribution in [0.1, 0.15) is 59.3 Å². The van der Waals surface area contributed by atoms with Crippen LogP contribution in [0.4, 0.5) is 0 Å². The number of ether oxygens (including phenoxy) is 2. The third-order valence-corrected chi connectivity index (χ3v) is 4.66. The lowest BCUT2D eigenvalue weighted by Crippen LogP contribution is -2.42. The van der Waals surface area contributed by atoms with Crippen LogP contribution in [0.3, 0.4) is 0 Å². The van der Waals surface area contributed by atoms with Crippen molar-refractivity contribution < 1.29 is 14.3 Å². The van der Waals surface area contributed by atoms with Gasteiger partial charge in [-0.3, -0.25) is 9.69 Å². The van der Waals surface area contributed by atoms with E-state index in [1.807, 2.05) is 6.92 Å². The first kappa shape index (κ1) is 15.8. The molecule has 20 heavy (non-hydrogen) atoms. The fourth-order valence-electron chi connectivity index (χ4n) is 3.50. The maximum Gasteiger partial charge on any atom is 0.320 e. The van der Waals surface area contributed by atoms with E-state index in [9.17, 15) is 4.79 Å². The van der Waals surface area contributed by atoms with E-state index in [2.05, 4.69) is 18.7 Å². The van der Waals surface area contributed by atoms with Gasteiger partial charge in [-0.05, 0) is 46.5 Å². The Bertz CT molecular complexity index is 324. The molecule has 2 rings (SSSR count). The van der Waals surface area contributed by atoms with Gasteiger partial charge in [0.1, 0.15) is 0 Å². The molecule has 1 unspecified atom stereocenters. The zero-order valence-corrected chi connectivity index (χ0v) is 13.2. The summed E-state index contributed by atoms with van der Waals surface area (Å²) in [5.74, 6) is -0.130. The third-order valence-electron chi connectivity index (χ3n) is 4.66. The third kappa shape index (κ3) is 3.95. The zero-order chi connectivity index (χ0) is 14.6. The molecular formula is C16H29NO3. The van der Waals surface area contributed by atoms with E-state index in [0.717, 1.165) is 13.0 Å². The second-order valence-electron chi connectivity index (χ2n) is 6.50. The monoisotopic (exact) mass is 283 g/mol. The summed E-state index contributed by atoms with van der Waals surface area (Å²) in [7, 11) is 0. The Kier molecular flexibility index (Phi) is 5.44. The number of hydrogen-bond donors (Lipinski definition) is 0. The highest BCUT2D eigenvalue weighted by molar-refractivity contribution is 5.71. The summed E-state index contributed by atoms with van der Waals surface area (Å²) < 4.78 is 11.4. The summed E-state index contributed by atoms with van der Waals surface area (Å²) in [6.45, 7) is 7.77. The molecule has 1 saturated carbocycles. The van der Waals surface area contributed by atoms with Gasteiger partial charge in [-0.1, -0.05) is 12.8 Å². The Labute approximate surface area is 122 Å². The first-order valence-corrected chi connectivity index (χ1v) is 8.12. The fraction of sp³-hybridized carbons (Fsp3) is 0.938. The van der Waals surface area contributed by atoms with Gasteiger partial charge >= 0.3 is 5.97 Å². The SMILES string of the molecule is CCOC(=O)CN(CC1CCC2(CCCC2)O1)C(C)C. The molecule has 1 aliphatic heterocycles. The van der Waals surface area contributed by atoms with Gasteiger partial charge in [-0.2, -0.15) is 0 Å². The molecular weight excluding hydrogens is 254 g/mol. The van der Waals surface area contributed by atoms with Crippen molar-refractivity contribution in [3.8, 4) is 0 Å². The Morgan fingerprint density at radius 1 is 1.35 bits per heavy atom. The molecule has 0 radical (unpaired) electrons. The first-order chi connectivity index (χ1) is 9.54. The summed E-state index contributed by atoms with van der Waals surface area (Å²) in [6.07, 6.45) is 7.68. The van der Waals surface area contributed by atoms with Crippen LogP contribution in [-0.2, 0) is 14.3 Å². The molecule has 116 valence electrons. The Morgan fingerprint density at radius 2 is 2.05 bits per heavy atom. The first-order valence-electron chi connectivity index (χ1n) is 8.12. The largest absolute Gasteiger partial charge is 0.465 e. The fourth-order valence-corrected chi connectivity index (χ4v) is 3.50. The molecule has 1 heterocycles. The molecule has 0 aromatic carbocycles. The highest BCUT2D eigenvalue weighted by atomic mass is 16.5. The maximum absolute atomic E-state index is 11.7. The molecule has 0 aromatic heterocycles. The molecule has 1 aliphatic carbocycles. The van der Waals surface area contributed by atoms with Gasteiger partial charge in [0.15, 0.2) is 0 Å². The van der Waals surface area contributed by atoms with Crippen LogP contribution in [0.25, 0.3) is 0 Å². The van der Waals surface area contributed by atoms with Gasteiger partial charge in [-0.15, -0.1) is 0 Å². The van der Waals surface area contributed by atoms with E-state index in [1.165, 1.54) is 32.1 Å². The molecule has 1 saturated heterocycles. The predicted octanol–water partition coefficient (Wildman–Crippen LogP) is 2.75. The summed E-state index contributed by atoms with van der Waals surface area (Å²) in [6, 6.07) is 0.336. The van der Waals surface area contributed by atoms with Gasteiger partial charge in [0.05, 0.1) is 24.9 Å². The van der Waals surface area contributed by atoms with Crippen LogP contribution in [0, 0.1) is 0 Å². The molecule has 1 spiro atoms. The maximum atomic E-state index is 11.7. The molecule has 1 atom stereocenters. The Balaban J connectivity index is 1.84. The van der Waals surface area contributed by atoms with Crippen molar-refractivity contribution in [3.63, 3.8) is 0 Å². The second kappa shape index (κ2) is 6.90. The summed E-state index contributed by atoms with van der Waals surface area (Å²) >= 11 is 0. The average molecular weight is 283 g/mol. The van der Waals surface area contributed by atoms with Crippen LogP contribution in [0.5, 0.6) is 0 Å². The number of rotatable bonds is 6. The van der Waals surface area contributed by atoms with Crippen LogP contribution < -0.4 is 0 Å². The lowest BCUT2D eigenvalue weighted by molar-refractivity contribution is -0.145. The van der Waals surface area contributed by atoms with Crippen LogP contribution in [0.15, 0.2) is 0 Å². The minimum Gasteiger partial charge on any atom is -0.465 e. The van der Waals surface area contributed by atoms with E-state index < -0.39 is 0 Å². The minimum atomic E-state index is -0.130. The van der Waals surface area contributed by atoms with Crippen molar-refractivity contribution in [3.05, 3.63) is 0 Å². The van der Waals surface area contributed by atoms with Crippen molar-refractivity contribution >= 4 is 5.97 Å². The second-order valence-corrected chi connectivity index (χ2v) is 6.50. The number of esters is 1. The van der Waals surface area contributed by atoms with Crippen molar-refractivity contribution in [2.24, 2.45) is 0 Å². The quantitative estimate of drug-likeness (QED) is 0.703. The smallest absolute Gasteiger partial charge is 0.320 e. The van der Waals surface area contributed by atoms with Gasteiger partial charge < -0.3 is 9.47 Å². The van der Waals surface area contributed by atoms with Gasteiger partial charge in [-0.25, -0.2) is 0 Å². The van der Waals surface area contributed by atoms with E-state index in [-0.39, 0.29) is 17.7 Å². The topological polar surface area (TPSA) is 38.8 Å². The molecule has 0 amide bonds. The van der Waals surface area contributed by atoms with E-state index >= 15 is 0 Å². The lowest BCUT2D eigenvalue weighted by Gasteiger charge is -2.30. The molecule has 0 N–H and O–H groups in total. The van der Waals surface area contributed by atoms with E-state index in [0.29, 0.717) is 19.2 Å². The standard InChI is InChI=1S/C16H29NO3/c1-4-19-15(18)12-17(13(2)3)11-14-7-10-16(20-14)8-5-6-9-16/h13-14H,4-12H2,1-3H3. The lowest BCUT2D eigenvalue weighted by atomic mass is 9.98. The highest BCUT2D eigenvalue weighted by Crippen LogP contribution is 2.43. The van der Waals surface area contributed by atoms with E-state index in [4.69, 9.17) is 9.47 Å². The van der Waals surface area contributed by atoms with Gasteiger partial charge in [0.2, 0.25) is 0 Å². The van der Waals surface area contributed by atoms with Crippen LogP contribution >= 0.6 is 0 Å². The van der Waals surface area contributed by atoms with Gasteiger partial charge in [0.25, 0.3) is 0 Å². The summed E-state index contributed by atoms with van der Waals surface area (Å²) in [5.41, 5.74) is 0.178. The molecule has 2 fully saturated rings. The van der Waals surface area contributed by atoms with E-state index in [1.54, 1.807) is 0 Å². The molecule has 0 bridgehead atoms. The summed E-state index contributed by atoms with van der Waals surface area (Å²) in [5, 5.41) is 0. The van der Waals surface area contributed by atoms with Crippen LogP contribution in [-0.4, -0.2) is 48.3 Å². The minimum absolute atomic E-state index is 0.130. The zero-order valence-electron chi connectivity index (χ0n) is 13.2. The Hall–Kier alpha value is -0.610. The van der Waals surface area contributed by atoms with Crippen molar-refractivity contribution in [1.82, 2.24) is 4.90 Å². The molecule has 4 heteroatoms.